The zero-order valence-corrected chi connectivity index (χ0v) is 9.53. The zero-order chi connectivity index (χ0) is 12.0. The largest absolute Gasteiger partial charge is 0.493 e. The molecule has 0 atom stereocenters. The lowest BCUT2D eigenvalue weighted by atomic mass is 10.1. The minimum atomic E-state index is -0.913. The third-order valence-electron chi connectivity index (χ3n) is 2.19. The van der Waals surface area contributed by atoms with E-state index in [1.807, 2.05) is 0 Å². The number of benzene rings is 1. The predicted octanol–water partition coefficient (Wildman–Crippen LogP) is 2.11. The van der Waals surface area contributed by atoms with Crippen molar-refractivity contribution in [2.24, 2.45) is 0 Å². The number of carboxylic acids is 1. The van der Waals surface area contributed by atoms with E-state index in [9.17, 15) is 4.79 Å². The number of aryl methyl sites for hydroxylation is 1. The second-order valence-electron chi connectivity index (χ2n) is 3.48. The third kappa shape index (κ3) is 3.55. The van der Waals surface area contributed by atoms with Gasteiger partial charge in [-0.25, -0.2) is 4.79 Å². The topological polar surface area (TPSA) is 55.8 Å². The van der Waals surface area contributed by atoms with Gasteiger partial charge >= 0.3 is 5.97 Å². The lowest BCUT2D eigenvalue weighted by molar-refractivity contribution is 0.0696. The molecule has 0 saturated heterocycles. The molecule has 4 nitrogen and oxygen atoms in total. The molecule has 0 radical (unpaired) electrons. The first-order valence-electron chi connectivity index (χ1n) is 5.11. The number of carbonyl (C=O) groups is 1. The minimum absolute atomic E-state index is 0.309. The van der Waals surface area contributed by atoms with Gasteiger partial charge in [-0.3, -0.25) is 0 Å². The number of ether oxygens (including phenoxy) is 2. The van der Waals surface area contributed by atoms with E-state index in [0.717, 1.165) is 6.42 Å². The highest BCUT2D eigenvalue weighted by Gasteiger charge is 2.07. The van der Waals surface area contributed by atoms with Crippen LogP contribution in [0.5, 0.6) is 5.75 Å². The smallest absolute Gasteiger partial charge is 0.335 e. The quantitative estimate of drug-likeness (QED) is 0.752. The molecular weight excluding hydrogens is 208 g/mol. The van der Waals surface area contributed by atoms with E-state index in [-0.39, 0.29) is 0 Å². The van der Waals surface area contributed by atoms with E-state index in [4.69, 9.17) is 14.6 Å². The molecule has 0 saturated carbocycles. The monoisotopic (exact) mass is 224 g/mol. The summed E-state index contributed by atoms with van der Waals surface area (Å²) in [7, 11) is 1.64. The Kier molecular flexibility index (Phi) is 4.79. The van der Waals surface area contributed by atoms with Gasteiger partial charge in [0, 0.05) is 20.1 Å². The van der Waals surface area contributed by atoms with E-state index < -0.39 is 5.97 Å². The summed E-state index contributed by atoms with van der Waals surface area (Å²) in [6, 6.07) is 4.96. The number of hydrogen-bond acceptors (Lipinski definition) is 3. The van der Waals surface area contributed by atoms with Crippen molar-refractivity contribution < 1.29 is 19.4 Å². The zero-order valence-electron chi connectivity index (χ0n) is 9.53. The van der Waals surface area contributed by atoms with Gasteiger partial charge in [-0.05, 0) is 30.7 Å². The van der Waals surface area contributed by atoms with Gasteiger partial charge in [-0.15, -0.1) is 0 Å². The molecule has 0 aliphatic rings. The summed E-state index contributed by atoms with van der Waals surface area (Å²) in [5.41, 5.74) is 1.01. The van der Waals surface area contributed by atoms with Crippen LogP contribution in [0.15, 0.2) is 18.2 Å². The van der Waals surface area contributed by atoms with E-state index >= 15 is 0 Å². The van der Waals surface area contributed by atoms with Crippen LogP contribution in [0.3, 0.4) is 0 Å². The second-order valence-corrected chi connectivity index (χ2v) is 3.48. The van der Waals surface area contributed by atoms with Gasteiger partial charge in [-0.2, -0.15) is 0 Å². The average Bonchev–Trinajstić information content (AvgIpc) is 2.24. The van der Waals surface area contributed by atoms with E-state index in [1.54, 1.807) is 32.2 Å². The first-order valence-corrected chi connectivity index (χ1v) is 5.11. The van der Waals surface area contributed by atoms with Gasteiger partial charge in [0.15, 0.2) is 0 Å². The number of rotatable bonds is 6. The molecule has 0 fully saturated rings. The van der Waals surface area contributed by atoms with Gasteiger partial charge in [0.05, 0.1) is 12.2 Å². The maximum absolute atomic E-state index is 10.8. The molecule has 0 amide bonds. The summed E-state index contributed by atoms with van der Waals surface area (Å²) in [4.78, 5) is 10.8. The van der Waals surface area contributed by atoms with Crippen LogP contribution in [-0.2, 0) is 4.74 Å². The Morgan fingerprint density at radius 2 is 2.12 bits per heavy atom. The molecule has 0 aromatic heterocycles. The van der Waals surface area contributed by atoms with Crippen LogP contribution in [0.2, 0.25) is 0 Å². The summed E-state index contributed by atoms with van der Waals surface area (Å²) in [5.74, 6) is -0.220. The minimum Gasteiger partial charge on any atom is -0.493 e. The lowest BCUT2D eigenvalue weighted by Gasteiger charge is -2.07. The molecule has 0 unspecified atom stereocenters. The Balaban J connectivity index is 2.56. The fourth-order valence-electron chi connectivity index (χ4n) is 1.36. The highest BCUT2D eigenvalue weighted by atomic mass is 16.5. The SMILES string of the molecule is COCCCOc1ccc(C(=O)O)c(C)c1. The predicted molar refractivity (Wildman–Crippen MR) is 60.1 cm³/mol. The van der Waals surface area contributed by atoms with Crippen LogP contribution in [0.1, 0.15) is 22.3 Å². The second kappa shape index (κ2) is 6.12. The molecule has 1 aromatic rings. The highest BCUT2D eigenvalue weighted by molar-refractivity contribution is 5.89. The standard InChI is InChI=1S/C12H16O4/c1-9-8-10(16-7-3-6-15-2)4-5-11(9)12(13)14/h4-5,8H,3,6-7H2,1-2H3,(H,13,14). The van der Waals surface area contributed by atoms with Gasteiger partial charge in [0.25, 0.3) is 0 Å². The Hall–Kier alpha value is -1.55. The van der Waals surface area contributed by atoms with Crippen molar-refractivity contribution in [1.82, 2.24) is 0 Å². The van der Waals surface area contributed by atoms with E-state index in [0.29, 0.717) is 30.1 Å². The van der Waals surface area contributed by atoms with Crippen LogP contribution >= 0.6 is 0 Å². The molecule has 1 N–H and O–H groups in total. The van der Waals surface area contributed by atoms with Gasteiger partial charge in [0.2, 0.25) is 0 Å². The Morgan fingerprint density at radius 3 is 2.69 bits per heavy atom. The van der Waals surface area contributed by atoms with Gasteiger partial charge < -0.3 is 14.6 Å². The first-order chi connectivity index (χ1) is 7.65. The molecule has 0 spiro atoms. The van der Waals surface area contributed by atoms with Crippen molar-refractivity contribution in [3.63, 3.8) is 0 Å². The first kappa shape index (κ1) is 12.5. The molecule has 0 bridgehead atoms. The van der Waals surface area contributed by atoms with Gasteiger partial charge in [-0.1, -0.05) is 0 Å². The summed E-state index contributed by atoms with van der Waals surface area (Å²) >= 11 is 0. The van der Waals surface area contributed by atoms with Crippen molar-refractivity contribution in [2.75, 3.05) is 20.3 Å². The van der Waals surface area contributed by atoms with Crippen LogP contribution in [-0.4, -0.2) is 31.4 Å². The molecule has 1 rings (SSSR count). The van der Waals surface area contributed by atoms with Crippen molar-refractivity contribution in [1.29, 1.82) is 0 Å². The highest BCUT2D eigenvalue weighted by Crippen LogP contribution is 2.17. The van der Waals surface area contributed by atoms with Crippen LogP contribution in [0, 0.1) is 6.92 Å². The number of carboxylic acid groups (broad SMARTS) is 1. The molecule has 4 heteroatoms. The summed E-state index contributed by atoms with van der Waals surface area (Å²) < 4.78 is 10.3. The molecule has 0 aliphatic carbocycles. The number of hydrogen-bond donors (Lipinski definition) is 1. The van der Waals surface area contributed by atoms with Crippen LogP contribution in [0.4, 0.5) is 0 Å². The van der Waals surface area contributed by atoms with E-state index in [2.05, 4.69) is 0 Å². The van der Waals surface area contributed by atoms with Crippen LogP contribution < -0.4 is 4.74 Å². The number of methoxy groups -OCH3 is 1. The van der Waals surface area contributed by atoms with E-state index in [1.165, 1.54) is 0 Å². The number of aromatic carboxylic acids is 1. The molecule has 16 heavy (non-hydrogen) atoms. The third-order valence-corrected chi connectivity index (χ3v) is 2.19. The lowest BCUT2D eigenvalue weighted by Crippen LogP contribution is -2.03. The molecule has 0 heterocycles. The molecule has 88 valence electrons. The summed E-state index contributed by atoms with van der Waals surface area (Å²) in [6.07, 6.45) is 0.816. The molecular formula is C12H16O4. The van der Waals surface area contributed by atoms with Crippen molar-refractivity contribution >= 4 is 5.97 Å². The Morgan fingerprint density at radius 1 is 1.38 bits per heavy atom. The van der Waals surface area contributed by atoms with Crippen molar-refractivity contribution in [3.05, 3.63) is 29.3 Å². The Bertz CT molecular complexity index is 360. The normalized spacial score (nSPS) is 10.1. The fraction of sp³-hybridized carbons (Fsp3) is 0.417. The molecule has 0 aliphatic heterocycles. The van der Waals surface area contributed by atoms with Gasteiger partial charge in [0.1, 0.15) is 5.75 Å². The van der Waals surface area contributed by atoms with Crippen molar-refractivity contribution in [2.45, 2.75) is 13.3 Å². The molecule has 1 aromatic carbocycles. The fourth-order valence-corrected chi connectivity index (χ4v) is 1.36. The summed E-state index contributed by atoms with van der Waals surface area (Å²) in [5, 5.41) is 8.85. The van der Waals surface area contributed by atoms with Crippen LogP contribution in [0.25, 0.3) is 0 Å². The maximum Gasteiger partial charge on any atom is 0.335 e. The summed E-state index contributed by atoms with van der Waals surface area (Å²) in [6.45, 7) is 2.98. The average molecular weight is 224 g/mol. The van der Waals surface area contributed by atoms with Crippen molar-refractivity contribution in [3.8, 4) is 5.75 Å². The maximum atomic E-state index is 10.8. The Labute approximate surface area is 94.8 Å².